The van der Waals surface area contributed by atoms with Gasteiger partial charge in [-0.1, -0.05) is 12.1 Å². The van der Waals surface area contributed by atoms with Gasteiger partial charge in [-0.15, -0.1) is 0 Å². The zero-order valence-electron chi connectivity index (χ0n) is 10.6. The van der Waals surface area contributed by atoms with Crippen LogP contribution in [0.15, 0.2) is 24.3 Å². The molecule has 17 heavy (non-hydrogen) atoms. The van der Waals surface area contributed by atoms with Crippen molar-refractivity contribution in [2.45, 2.75) is 32.2 Å². The minimum atomic E-state index is 0.312. The Kier molecular flexibility index (Phi) is 6.13. The maximum atomic E-state index is 8.43. The van der Waals surface area contributed by atoms with E-state index in [9.17, 15) is 0 Å². The van der Waals surface area contributed by atoms with Crippen molar-refractivity contribution in [1.82, 2.24) is 5.32 Å². The van der Waals surface area contributed by atoms with Crippen molar-refractivity contribution in [1.29, 1.82) is 5.26 Å². The van der Waals surface area contributed by atoms with Gasteiger partial charge in [-0.05, 0) is 44.0 Å². The van der Waals surface area contributed by atoms with Gasteiger partial charge in [-0.2, -0.15) is 5.26 Å². The first-order valence-electron chi connectivity index (χ1n) is 6.02. The van der Waals surface area contributed by atoms with Crippen LogP contribution in [-0.4, -0.2) is 13.7 Å². The third-order valence-corrected chi connectivity index (χ3v) is 2.76. The molecular formula is C14H20N2O. The van der Waals surface area contributed by atoms with Gasteiger partial charge in [-0.25, -0.2) is 0 Å². The molecule has 0 aliphatic rings. The fourth-order valence-corrected chi connectivity index (χ4v) is 1.68. The summed E-state index contributed by atoms with van der Waals surface area (Å²) >= 11 is 0. The van der Waals surface area contributed by atoms with E-state index in [0.717, 1.165) is 25.1 Å². The van der Waals surface area contributed by atoms with Crippen molar-refractivity contribution in [3.63, 3.8) is 0 Å². The largest absolute Gasteiger partial charge is 0.497 e. The van der Waals surface area contributed by atoms with Gasteiger partial charge in [-0.3, -0.25) is 0 Å². The Morgan fingerprint density at radius 3 is 2.94 bits per heavy atom. The van der Waals surface area contributed by atoms with E-state index < -0.39 is 0 Å². The monoisotopic (exact) mass is 232 g/mol. The Labute approximate surface area is 103 Å². The van der Waals surface area contributed by atoms with Crippen LogP contribution < -0.4 is 10.1 Å². The molecule has 0 heterocycles. The quantitative estimate of drug-likeness (QED) is 0.735. The summed E-state index contributed by atoms with van der Waals surface area (Å²) in [6.45, 7) is 3.08. The summed E-state index contributed by atoms with van der Waals surface area (Å²) in [6.07, 6.45) is 2.66. The highest BCUT2D eigenvalue weighted by Gasteiger charge is 2.04. The van der Waals surface area contributed by atoms with E-state index in [1.165, 1.54) is 5.56 Å². The van der Waals surface area contributed by atoms with Crippen LogP contribution >= 0.6 is 0 Å². The molecule has 1 N–H and O–H groups in total. The number of ether oxygens (including phenoxy) is 1. The second-order valence-electron chi connectivity index (χ2n) is 4.07. The van der Waals surface area contributed by atoms with Crippen LogP contribution in [0.25, 0.3) is 0 Å². The highest BCUT2D eigenvalue weighted by molar-refractivity contribution is 5.30. The SMILES string of the molecule is COc1cccc([C@H](C)NCCCCC#N)c1. The predicted molar refractivity (Wildman–Crippen MR) is 68.9 cm³/mol. The smallest absolute Gasteiger partial charge is 0.119 e. The number of hydrogen-bond acceptors (Lipinski definition) is 3. The van der Waals surface area contributed by atoms with Gasteiger partial charge in [0.25, 0.3) is 0 Å². The average Bonchev–Trinajstić information content (AvgIpc) is 2.38. The van der Waals surface area contributed by atoms with Crippen molar-refractivity contribution in [3.8, 4) is 11.8 Å². The molecule has 0 aliphatic heterocycles. The van der Waals surface area contributed by atoms with Crippen LogP contribution in [0, 0.1) is 11.3 Å². The molecule has 0 spiro atoms. The first kappa shape index (κ1) is 13.5. The molecule has 0 saturated heterocycles. The van der Waals surface area contributed by atoms with Crippen LogP contribution in [0.2, 0.25) is 0 Å². The molecule has 92 valence electrons. The first-order valence-corrected chi connectivity index (χ1v) is 6.02. The first-order chi connectivity index (χ1) is 8.27. The standard InChI is InChI=1S/C14H20N2O/c1-12(16-10-5-3-4-9-15)13-7-6-8-14(11-13)17-2/h6-8,11-12,16H,3-5,10H2,1-2H3/t12-/m0/s1. The number of benzene rings is 1. The van der Waals surface area contributed by atoms with Crippen molar-refractivity contribution >= 4 is 0 Å². The molecule has 1 aromatic carbocycles. The molecule has 0 unspecified atom stereocenters. The molecule has 3 heteroatoms. The van der Waals surface area contributed by atoms with E-state index in [4.69, 9.17) is 10.00 Å². The van der Waals surface area contributed by atoms with Crippen molar-refractivity contribution in [3.05, 3.63) is 29.8 Å². The molecule has 3 nitrogen and oxygen atoms in total. The molecular weight excluding hydrogens is 212 g/mol. The number of nitrogens with zero attached hydrogens (tertiary/aromatic N) is 1. The summed E-state index contributed by atoms with van der Waals surface area (Å²) < 4.78 is 5.20. The highest BCUT2D eigenvalue weighted by Crippen LogP contribution is 2.18. The van der Waals surface area contributed by atoms with E-state index in [2.05, 4.69) is 24.4 Å². The van der Waals surface area contributed by atoms with Gasteiger partial charge in [0.15, 0.2) is 0 Å². The normalized spacial score (nSPS) is 11.8. The Balaban J connectivity index is 2.36. The predicted octanol–water partition coefficient (Wildman–Crippen LogP) is 3.04. The van der Waals surface area contributed by atoms with Crippen LogP contribution in [0.4, 0.5) is 0 Å². The third-order valence-electron chi connectivity index (χ3n) is 2.76. The molecule has 1 atom stereocenters. The Hall–Kier alpha value is -1.53. The van der Waals surface area contributed by atoms with Crippen molar-refractivity contribution in [2.24, 2.45) is 0 Å². The third kappa shape index (κ3) is 4.88. The lowest BCUT2D eigenvalue weighted by atomic mass is 10.1. The average molecular weight is 232 g/mol. The number of methoxy groups -OCH3 is 1. The Morgan fingerprint density at radius 2 is 2.24 bits per heavy atom. The number of hydrogen-bond donors (Lipinski definition) is 1. The van der Waals surface area contributed by atoms with Crippen LogP contribution in [0.3, 0.4) is 0 Å². The van der Waals surface area contributed by atoms with E-state index >= 15 is 0 Å². The van der Waals surface area contributed by atoms with E-state index in [1.54, 1.807) is 7.11 Å². The minimum Gasteiger partial charge on any atom is -0.497 e. The van der Waals surface area contributed by atoms with E-state index in [1.807, 2.05) is 18.2 Å². The molecule has 1 rings (SSSR count). The maximum absolute atomic E-state index is 8.43. The van der Waals surface area contributed by atoms with Gasteiger partial charge >= 0.3 is 0 Å². The van der Waals surface area contributed by atoms with Crippen LogP contribution in [0.1, 0.15) is 37.8 Å². The molecule has 0 bridgehead atoms. The molecule has 0 radical (unpaired) electrons. The second-order valence-corrected chi connectivity index (χ2v) is 4.07. The number of nitriles is 1. The number of rotatable bonds is 7. The lowest BCUT2D eigenvalue weighted by molar-refractivity contribution is 0.413. The zero-order chi connectivity index (χ0) is 12.5. The van der Waals surface area contributed by atoms with Crippen LogP contribution in [0.5, 0.6) is 5.75 Å². The summed E-state index contributed by atoms with van der Waals surface area (Å²) in [4.78, 5) is 0. The van der Waals surface area contributed by atoms with Gasteiger partial charge in [0.05, 0.1) is 13.2 Å². The maximum Gasteiger partial charge on any atom is 0.119 e. The van der Waals surface area contributed by atoms with Crippen molar-refractivity contribution in [2.75, 3.05) is 13.7 Å². The van der Waals surface area contributed by atoms with Crippen molar-refractivity contribution < 1.29 is 4.74 Å². The summed E-state index contributed by atoms with van der Waals surface area (Å²) in [5, 5.41) is 11.9. The molecule has 0 aromatic heterocycles. The summed E-state index contributed by atoms with van der Waals surface area (Å²) in [5.74, 6) is 0.889. The van der Waals surface area contributed by atoms with Gasteiger partial charge in [0, 0.05) is 12.5 Å². The zero-order valence-corrected chi connectivity index (χ0v) is 10.6. The fraction of sp³-hybridized carbons (Fsp3) is 0.500. The molecule has 0 amide bonds. The molecule has 0 aliphatic carbocycles. The molecule has 0 fully saturated rings. The number of unbranched alkanes of at least 4 members (excludes halogenated alkanes) is 2. The van der Waals surface area contributed by atoms with E-state index in [-0.39, 0.29) is 0 Å². The summed E-state index contributed by atoms with van der Waals surface area (Å²) in [5.41, 5.74) is 1.23. The molecule has 0 saturated carbocycles. The van der Waals surface area contributed by atoms with Gasteiger partial charge in [0.1, 0.15) is 5.75 Å². The topological polar surface area (TPSA) is 45.0 Å². The lowest BCUT2D eigenvalue weighted by Gasteiger charge is -2.14. The number of nitrogens with one attached hydrogen (secondary N) is 1. The Morgan fingerprint density at radius 1 is 1.41 bits per heavy atom. The summed E-state index contributed by atoms with van der Waals surface area (Å²) in [7, 11) is 1.68. The second kappa shape index (κ2) is 7.70. The lowest BCUT2D eigenvalue weighted by Crippen LogP contribution is -2.19. The Bertz CT molecular complexity index is 371. The van der Waals surface area contributed by atoms with Crippen LogP contribution in [-0.2, 0) is 0 Å². The van der Waals surface area contributed by atoms with E-state index in [0.29, 0.717) is 12.5 Å². The fourth-order valence-electron chi connectivity index (χ4n) is 1.68. The van der Waals surface area contributed by atoms with Gasteiger partial charge < -0.3 is 10.1 Å². The highest BCUT2D eigenvalue weighted by atomic mass is 16.5. The summed E-state index contributed by atoms with van der Waals surface area (Å²) in [6, 6.07) is 10.6. The van der Waals surface area contributed by atoms with Gasteiger partial charge in [0.2, 0.25) is 0 Å². The minimum absolute atomic E-state index is 0.312. The molecule has 1 aromatic rings.